The van der Waals surface area contributed by atoms with Gasteiger partial charge in [0.2, 0.25) is 5.88 Å². The van der Waals surface area contributed by atoms with E-state index in [0.717, 1.165) is 52.8 Å². The van der Waals surface area contributed by atoms with Gasteiger partial charge in [-0.3, -0.25) is 4.84 Å². The van der Waals surface area contributed by atoms with Crippen molar-refractivity contribution in [3.05, 3.63) is 102 Å². The summed E-state index contributed by atoms with van der Waals surface area (Å²) in [5.41, 5.74) is 3.34. The van der Waals surface area contributed by atoms with Gasteiger partial charge in [0.1, 0.15) is 5.60 Å². The van der Waals surface area contributed by atoms with E-state index >= 15 is 0 Å². The second-order valence-corrected chi connectivity index (χ2v) is 10.4. The molecule has 6 nitrogen and oxygen atoms in total. The van der Waals surface area contributed by atoms with Crippen molar-refractivity contribution in [2.75, 3.05) is 45.7 Å². The molecule has 0 spiro atoms. The molecule has 198 valence electrons. The number of nitrogens with zero attached hydrogens (tertiary/aromatic N) is 3. The van der Waals surface area contributed by atoms with Crippen molar-refractivity contribution < 1.29 is 9.57 Å². The van der Waals surface area contributed by atoms with Crippen LogP contribution in [0.15, 0.2) is 85.1 Å². The number of hydrogen-bond donors (Lipinski definition) is 1. The van der Waals surface area contributed by atoms with Gasteiger partial charge < -0.3 is 14.5 Å². The van der Waals surface area contributed by atoms with E-state index in [1.165, 1.54) is 12.8 Å². The van der Waals surface area contributed by atoms with E-state index < -0.39 is 5.60 Å². The van der Waals surface area contributed by atoms with Crippen molar-refractivity contribution >= 4 is 16.5 Å². The number of methoxy groups -OCH3 is 1. The molecule has 2 unspecified atom stereocenters. The van der Waals surface area contributed by atoms with Gasteiger partial charge >= 0.3 is 0 Å². The monoisotopic (exact) mass is 510 g/mol. The Morgan fingerprint density at radius 3 is 2.39 bits per heavy atom. The molecule has 0 saturated carbocycles. The van der Waals surface area contributed by atoms with Crippen LogP contribution in [0.4, 0.5) is 5.69 Å². The molecule has 1 saturated heterocycles. The van der Waals surface area contributed by atoms with Gasteiger partial charge in [0, 0.05) is 31.1 Å². The highest BCUT2D eigenvalue weighted by Gasteiger charge is 2.46. The smallest absolute Gasteiger partial charge is 0.217 e. The third-order valence-corrected chi connectivity index (χ3v) is 7.83. The maximum Gasteiger partial charge on any atom is 0.217 e. The number of rotatable bonds is 10. The second kappa shape index (κ2) is 11.5. The zero-order valence-electron chi connectivity index (χ0n) is 22.6. The van der Waals surface area contributed by atoms with Crippen LogP contribution in [0.5, 0.6) is 5.88 Å². The Morgan fingerprint density at radius 1 is 0.974 bits per heavy atom. The number of pyridine rings is 1. The van der Waals surface area contributed by atoms with Crippen molar-refractivity contribution in [3.8, 4) is 5.88 Å². The highest BCUT2D eigenvalue weighted by Crippen LogP contribution is 2.50. The molecule has 6 heteroatoms. The van der Waals surface area contributed by atoms with Crippen LogP contribution in [-0.4, -0.2) is 50.7 Å². The molecular weight excluding hydrogens is 472 g/mol. The molecule has 1 aromatic heterocycles. The van der Waals surface area contributed by atoms with Gasteiger partial charge in [-0.15, -0.1) is 0 Å². The van der Waals surface area contributed by atoms with Crippen LogP contribution in [0.25, 0.3) is 10.8 Å². The average molecular weight is 511 g/mol. The van der Waals surface area contributed by atoms with Gasteiger partial charge in [0.05, 0.1) is 19.0 Å². The molecule has 0 bridgehead atoms. The first-order valence-electron chi connectivity index (χ1n) is 13.4. The fourth-order valence-electron chi connectivity index (χ4n) is 5.94. The quantitative estimate of drug-likeness (QED) is 0.276. The maximum atomic E-state index is 6.45. The Kier molecular flexibility index (Phi) is 7.93. The second-order valence-electron chi connectivity index (χ2n) is 10.4. The molecule has 1 fully saturated rings. The van der Waals surface area contributed by atoms with Crippen molar-refractivity contribution in [2.45, 2.75) is 30.8 Å². The summed E-state index contributed by atoms with van der Waals surface area (Å²) in [6, 6.07) is 27.6. The Bertz CT molecular complexity index is 1350. The summed E-state index contributed by atoms with van der Waals surface area (Å²) in [5, 5.41) is 2.28. The predicted octanol–water partition coefficient (Wildman–Crippen LogP) is 5.71. The standard InChI is InChI=1S/C32H38N4O2/c1-35(2)21-18-32(38-33,29-17-11-15-24-12-7-8-16-27(24)29)30(25-13-5-4-6-14-25)28-22-26(23-34-31(28)37-3)36-19-9-10-20-36/h4-8,11-17,22-23,30H,9-10,18-21,33H2,1-3H3. The molecule has 1 aliphatic rings. The third kappa shape index (κ3) is 4.99. The molecule has 0 aliphatic carbocycles. The predicted molar refractivity (Wildman–Crippen MR) is 155 cm³/mol. The van der Waals surface area contributed by atoms with Gasteiger partial charge in [0.15, 0.2) is 0 Å². The van der Waals surface area contributed by atoms with Gasteiger partial charge in [-0.25, -0.2) is 10.9 Å². The molecule has 2 heterocycles. The minimum atomic E-state index is -0.898. The molecule has 38 heavy (non-hydrogen) atoms. The molecule has 1 aliphatic heterocycles. The third-order valence-electron chi connectivity index (χ3n) is 7.83. The lowest BCUT2D eigenvalue weighted by atomic mass is 9.70. The number of benzene rings is 3. The fraction of sp³-hybridized carbons (Fsp3) is 0.344. The highest BCUT2D eigenvalue weighted by molar-refractivity contribution is 5.86. The Balaban J connectivity index is 1.81. The van der Waals surface area contributed by atoms with E-state index in [4.69, 9.17) is 20.5 Å². The lowest BCUT2D eigenvalue weighted by Crippen LogP contribution is -2.42. The zero-order chi connectivity index (χ0) is 26.5. The number of ether oxygens (including phenoxy) is 1. The summed E-state index contributed by atoms with van der Waals surface area (Å²) < 4.78 is 5.92. The number of fused-ring (bicyclic) bond motifs is 1. The van der Waals surface area contributed by atoms with Gasteiger partial charge in [-0.2, -0.15) is 0 Å². The minimum absolute atomic E-state index is 0.274. The van der Waals surface area contributed by atoms with Crippen LogP contribution >= 0.6 is 0 Å². The number of anilines is 1. The lowest BCUT2D eigenvalue weighted by molar-refractivity contribution is -0.0747. The first-order chi connectivity index (χ1) is 18.6. The molecule has 0 amide bonds. The van der Waals surface area contributed by atoms with Crippen LogP contribution in [-0.2, 0) is 10.4 Å². The maximum absolute atomic E-state index is 6.45. The normalized spacial score (nSPS) is 16.1. The summed E-state index contributed by atoms with van der Waals surface area (Å²) in [5.74, 6) is 6.77. The van der Waals surface area contributed by atoms with E-state index in [1.807, 2.05) is 12.3 Å². The summed E-state index contributed by atoms with van der Waals surface area (Å²) in [4.78, 5) is 15.7. The van der Waals surface area contributed by atoms with E-state index in [9.17, 15) is 0 Å². The van der Waals surface area contributed by atoms with Gasteiger partial charge in [0.25, 0.3) is 0 Å². The van der Waals surface area contributed by atoms with E-state index in [0.29, 0.717) is 12.3 Å². The molecule has 0 radical (unpaired) electrons. The first kappa shape index (κ1) is 26.2. The van der Waals surface area contributed by atoms with E-state index in [2.05, 4.69) is 96.7 Å². The van der Waals surface area contributed by atoms with Crippen LogP contribution in [0.2, 0.25) is 0 Å². The summed E-state index contributed by atoms with van der Waals surface area (Å²) in [6.45, 7) is 2.85. The average Bonchev–Trinajstić information content (AvgIpc) is 3.50. The molecule has 2 atom stereocenters. The van der Waals surface area contributed by atoms with Crippen molar-refractivity contribution in [1.29, 1.82) is 0 Å². The Labute approximate surface area is 225 Å². The Hall–Kier alpha value is -3.45. The molecular formula is C32H38N4O2. The number of nitrogens with two attached hydrogens (primary N) is 1. The fourth-order valence-corrected chi connectivity index (χ4v) is 5.94. The molecule has 4 aromatic rings. The van der Waals surface area contributed by atoms with Crippen molar-refractivity contribution in [2.24, 2.45) is 5.90 Å². The largest absolute Gasteiger partial charge is 0.481 e. The van der Waals surface area contributed by atoms with E-state index in [-0.39, 0.29) is 5.92 Å². The lowest BCUT2D eigenvalue weighted by Gasteiger charge is -2.41. The Morgan fingerprint density at radius 2 is 1.68 bits per heavy atom. The van der Waals surface area contributed by atoms with Crippen LogP contribution in [0, 0.1) is 0 Å². The molecule has 3 aromatic carbocycles. The first-order valence-corrected chi connectivity index (χ1v) is 13.4. The number of hydrogen-bond acceptors (Lipinski definition) is 6. The van der Waals surface area contributed by atoms with Crippen molar-refractivity contribution in [3.63, 3.8) is 0 Å². The summed E-state index contributed by atoms with van der Waals surface area (Å²) in [7, 11) is 5.85. The van der Waals surface area contributed by atoms with E-state index in [1.54, 1.807) is 7.11 Å². The SMILES string of the molecule is COc1ncc(N2CCCC2)cc1C(c1ccccc1)C(CCN(C)C)(ON)c1cccc2ccccc12. The van der Waals surface area contributed by atoms with Crippen LogP contribution in [0.3, 0.4) is 0 Å². The molecule has 5 rings (SSSR count). The molecule has 2 N–H and O–H groups in total. The van der Waals surface area contributed by atoms with Crippen LogP contribution < -0.4 is 15.5 Å². The van der Waals surface area contributed by atoms with Gasteiger partial charge in [-0.1, -0.05) is 72.8 Å². The summed E-state index contributed by atoms with van der Waals surface area (Å²) in [6.07, 6.45) is 4.98. The number of aromatic nitrogens is 1. The topological polar surface area (TPSA) is 63.8 Å². The minimum Gasteiger partial charge on any atom is -0.481 e. The highest BCUT2D eigenvalue weighted by atomic mass is 16.6. The van der Waals surface area contributed by atoms with Crippen LogP contribution in [0.1, 0.15) is 41.9 Å². The summed E-state index contributed by atoms with van der Waals surface area (Å²) >= 11 is 0. The zero-order valence-corrected chi connectivity index (χ0v) is 22.6. The van der Waals surface area contributed by atoms with Crippen molar-refractivity contribution in [1.82, 2.24) is 9.88 Å². The van der Waals surface area contributed by atoms with Gasteiger partial charge in [-0.05, 0) is 61.3 Å².